The minimum absolute atomic E-state index is 0.118. The van der Waals surface area contributed by atoms with Crippen LogP contribution in [-0.4, -0.2) is 45.4 Å². The van der Waals surface area contributed by atoms with Crippen molar-refractivity contribution in [2.24, 2.45) is 5.73 Å². The fourth-order valence-corrected chi connectivity index (χ4v) is 1.18. The second kappa shape index (κ2) is 8.64. The molecule has 3 N–H and O–H groups in total. The first-order chi connectivity index (χ1) is 7.15. The molecule has 15 heavy (non-hydrogen) atoms. The zero-order valence-corrected chi connectivity index (χ0v) is 9.79. The molecule has 2 unspecified atom stereocenters. The summed E-state index contributed by atoms with van der Waals surface area (Å²) in [5.41, 5.74) is 5.65. The number of hydrogen-bond donors (Lipinski definition) is 2. The fraction of sp³-hybridized carbons (Fsp3) is 0.900. The number of rotatable bonds is 8. The summed E-state index contributed by atoms with van der Waals surface area (Å²) in [5, 5.41) is 2.73. The molecule has 0 aliphatic rings. The molecule has 0 aliphatic carbocycles. The van der Waals surface area contributed by atoms with Crippen molar-refractivity contribution in [3.8, 4) is 0 Å². The lowest BCUT2D eigenvalue weighted by molar-refractivity contribution is -0.123. The molecule has 0 bridgehead atoms. The summed E-state index contributed by atoms with van der Waals surface area (Å²) in [6, 6.07) is -0.421. The monoisotopic (exact) mass is 218 g/mol. The first kappa shape index (κ1) is 14.3. The average Bonchev–Trinajstić information content (AvgIpc) is 2.24. The maximum Gasteiger partial charge on any atom is 0.237 e. The standard InChI is InChI=1S/C10H22N2O3/c1-4-5-9(11)10(13)12-6-8(15-3)7-14-2/h8-9H,4-7,11H2,1-3H3,(H,12,13). The summed E-state index contributed by atoms with van der Waals surface area (Å²) in [6.07, 6.45) is 1.49. The number of amides is 1. The third-order valence-corrected chi connectivity index (χ3v) is 2.13. The minimum Gasteiger partial charge on any atom is -0.382 e. The highest BCUT2D eigenvalue weighted by molar-refractivity contribution is 5.81. The third-order valence-electron chi connectivity index (χ3n) is 2.13. The number of carbonyl (C=O) groups is 1. The minimum atomic E-state index is -0.421. The third kappa shape index (κ3) is 6.43. The van der Waals surface area contributed by atoms with Crippen LogP contribution < -0.4 is 11.1 Å². The molecule has 0 saturated heterocycles. The van der Waals surface area contributed by atoms with Gasteiger partial charge in [-0.15, -0.1) is 0 Å². The molecule has 2 atom stereocenters. The molecule has 0 saturated carbocycles. The Kier molecular flexibility index (Phi) is 8.27. The van der Waals surface area contributed by atoms with Crippen LogP contribution in [0.1, 0.15) is 19.8 Å². The van der Waals surface area contributed by atoms with Crippen molar-refractivity contribution >= 4 is 5.91 Å². The van der Waals surface area contributed by atoms with Gasteiger partial charge in [-0.25, -0.2) is 0 Å². The molecule has 5 heteroatoms. The maximum absolute atomic E-state index is 11.4. The smallest absolute Gasteiger partial charge is 0.237 e. The molecule has 0 radical (unpaired) electrons. The Morgan fingerprint density at radius 3 is 2.60 bits per heavy atom. The zero-order valence-electron chi connectivity index (χ0n) is 9.79. The Hall–Kier alpha value is -0.650. The van der Waals surface area contributed by atoms with Crippen molar-refractivity contribution < 1.29 is 14.3 Å². The summed E-state index contributed by atoms with van der Waals surface area (Å²) in [6.45, 7) is 2.89. The van der Waals surface area contributed by atoms with Gasteiger partial charge in [-0.2, -0.15) is 0 Å². The summed E-state index contributed by atoms with van der Waals surface area (Å²) in [7, 11) is 3.18. The topological polar surface area (TPSA) is 73.6 Å². The molecule has 0 fully saturated rings. The van der Waals surface area contributed by atoms with E-state index < -0.39 is 6.04 Å². The second-order valence-corrected chi connectivity index (χ2v) is 3.45. The molecule has 5 nitrogen and oxygen atoms in total. The molecule has 0 aromatic rings. The van der Waals surface area contributed by atoms with Crippen molar-refractivity contribution in [2.75, 3.05) is 27.4 Å². The fourth-order valence-electron chi connectivity index (χ4n) is 1.18. The van der Waals surface area contributed by atoms with E-state index in [4.69, 9.17) is 15.2 Å². The van der Waals surface area contributed by atoms with Crippen LogP contribution >= 0.6 is 0 Å². The Morgan fingerprint density at radius 1 is 1.47 bits per heavy atom. The highest BCUT2D eigenvalue weighted by atomic mass is 16.5. The normalized spacial score (nSPS) is 14.7. The summed E-state index contributed by atoms with van der Waals surface area (Å²) >= 11 is 0. The molecular weight excluding hydrogens is 196 g/mol. The van der Waals surface area contributed by atoms with Gasteiger partial charge < -0.3 is 20.5 Å². The number of nitrogens with two attached hydrogens (primary N) is 1. The van der Waals surface area contributed by atoms with Crippen LogP contribution in [0.15, 0.2) is 0 Å². The van der Waals surface area contributed by atoms with Gasteiger partial charge >= 0.3 is 0 Å². The van der Waals surface area contributed by atoms with Gasteiger partial charge in [0.15, 0.2) is 0 Å². The van der Waals surface area contributed by atoms with Gasteiger partial charge in [-0.3, -0.25) is 4.79 Å². The van der Waals surface area contributed by atoms with E-state index in [0.717, 1.165) is 6.42 Å². The Labute approximate surface area is 91.3 Å². The van der Waals surface area contributed by atoms with Crippen molar-refractivity contribution in [3.63, 3.8) is 0 Å². The SMILES string of the molecule is CCCC(N)C(=O)NCC(COC)OC. The average molecular weight is 218 g/mol. The first-order valence-corrected chi connectivity index (χ1v) is 5.20. The van der Waals surface area contributed by atoms with Gasteiger partial charge in [-0.1, -0.05) is 13.3 Å². The number of ether oxygens (including phenoxy) is 2. The van der Waals surface area contributed by atoms with Crippen LogP contribution in [0, 0.1) is 0 Å². The molecular formula is C10H22N2O3. The van der Waals surface area contributed by atoms with Crippen LogP contribution in [-0.2, 0) is 14.3 Å². The van der Waals surface area contributed by atoms with Crippen molar-refractivity contribution in [3.05, 3.63) is 0 Å². The van der Waals surface area contributed by atoms with Gasteiger partial charge in [0.05, 0.1) is 18.8 Å². The lowest BCUT2D eigenvalue weighted by atomic mass is 10.1. The Morgan fingerprint density at radius 2 is 2.13 bits per heavy atom. The van der Waals surface area contributed by atoms with Gasteiger partial charge in [0, 0.05) is 20.8 Å². The van der Waals surface area contributed by atoms with Crippen molar-refractivity contribution in [1.82, 2.24) is 5.32 Å². The number of carbonyl (C=O) groups excluding carboxylic acids is 1. The van der Waals surface area contributed by atoms with Crippen LogP contribution in [0.25, 0.3) is 0 Å². The summed E-state index contributed by atoms with van der Waals surface area (Å²) in [5.74, 6) is -0.130. The first-order valence-electron chi connectivity index (χ1n) is 5.20. The maximum atomic E-state index is 11.4. The summed E-state index contributed by atoms with van der Waals surface area (Å²) in [4.78, 5) is 11.4. The molecule has 0 aromatic carbocycles. The Bertz CT molecular complexity index is 176. The molecule has 0 aromatic heterocycles. The molecule has 0 aliphatic heterocycles. The van der Waals surface area contributed by atoms with E-state index in [1.54, 1.807) is 14.2 Å². The largest absolute Gasteiger partial charge is 0.382 e. The summed E-state index contributed by atoms with van der Waals surface area (Å²) < 4.78 is 10.0. The molecule has 0 rings (SSSR count). The van der Waals surface area contributed by atoms with E-state index in [0.29, 0.717) is 19.6 Å². The number of nitrogens with one attached hydrogen (secondary N) is 1. The predicted octanol–water partition coefficient (Wildman–Crippen LogP) is -0.109. The van der Waals surface area contributed by atoms with Gasteiger partial charge in [0.2, 0.25) is 5.91 Å². The van der Waals surface area contributed by atoms with Gasteiger partial charge in [0.1, 0.15) is 0 Å². The molecule has 1 amide bonds. The van der Waals surface area contributed by atoms with E-state index in [9.17, 15) is 4.79 Å². The van der Waals surface area contributed by atoms with Crippen molar-refractivity contribution in [2.45, 2.75) is 31.9 Å². The van der Waals surface area contributed by atoms with Gasteiger partial charge in [0.25, 0.3) is 0 Å². The number of methoxy groups -OCH3 is 2. The predicted molar refractivity (Wildman–Crippen MR) is 58.6 cm³/mol. The molecule has 0 spiro atoms. The highest BCUT2D eigenvalue weighted by Crippen LogP contribution is 1.94. The highest BCUT2D eigenvalue weighted by Gasteiger charge is 2.14. The van der Waals surface area contributed by atoms with E-state index in [2.05, 4.69) is 5.32 Å². The molecule has 90 valence electrons. The lowest BCUT2D eigenvalue weighted by Crippen LogP contribution is -2.44. The van der Waals surface area contributed by atoms with E-state index >= 15 is 0 Å². The quantitative estimate of drug-likeness (QED) is 0.596. The Balaban J connectivity index is 3.76. The molecule has 0 heterocycles. The van der Waals surface area contributed by atoms with E-state index in [1.807, 2.05) is 6.92 Å². The van der Waals surface area contributed by atoms with E-state index in [1.165, 1.54) is 0 Å². The lowest BCUT2D eigenvalue weighted by Gasteiger charge is -2.17. The van der Waals surface area contributed by atoms with Crippen molar-refractivity contribution in [1.29, 1.82) is 0 Å². The second-order valence-electron chi connectivity index (χ2n) is 3.45. The zero-order chi connectivity index (χ0) is 11.7. The number of hydrogen-bond acceptors (Lipinski definition) is 4. The van der Waals surface area contributed by atoms with Crippen LogP contribution in [0.2, 0.25) is 0 Å². The van der Waals surface area contributed by atoms with Gasteiger partial charge in [-0.05, 0) is 6.42 Å². The van der Waals surface area contributed by atoms with E-state index in [-0.39, 0.29) is 12.0 Å². The van der Waals surface area contributed by atoms with Crippen LogP contribution in [0.4, 0.5) is 0 Å². The van der Waals surface area contributed by atoms with Crippen LogP contribution in [0.3, 0.4) is 0 Å². The van der Waals surface area contributed by atoms with Crippen LogP contribution in [0.5, 0.6) is 0 Å².